The van der Waals surface area contributed by atoms with Crippen molar-refractivity contribution in [2.24, 2.45) is 0 Å². The van der Waals surface area contributed by atoms with Gasteiger partial charge in [-0.25, -0.2) is 0 Å². The lowest BCUT2D eigenvalue weighted by atomic mass is 9.33. The second-order valence-corrected chi connectivity index (χ2v) is 30.5. The van der Waals surface area contributed by atoms with Gasteiger partial charge < -0.3 is 9.80 Å². The third-order valence-corrected chi connectivity index (χ3v) is 23.3. The van der Waals surface area contributed by atoms with E-state index in [9.17, 15) is 0 Å². The smallest absolute Gasteiger partial charge is 0.252 e. The van der Waals surface area contributed by atoms with E-state index >= 15 is 0 Å². The van der Waals surface area contributed by atoms with Crippen LogP contribution in [0.1, 0.15) is 26.3 Å². The average molecular weight is 1370 g/mol. The third-order valence-electron chi connectivity index (χ3n) is 22.1. The van der Waals surface area contributed by atoms with Crippen LogP contribution in [0.5, 0.6) is 0 Å². The van der Waals surface area contributed by atoms with Crippen molar-refractivity contribution in [1.29, 1.82) is 0 Å². The molecular formula is C102H71BN2S. The summed E-state index contributed by atoms with van der Waals surface area (Å²) in [5.74, 6) is 0. The van der Waals surface area contributed by atoms with Crippen LogP contribution in [0.15, 0.2) is 376 Å². The molecule has 1 aromatic heterocycles. The number of rotatable bonds is 11. The van der Waals surface area contributed by atoms with E-state index in [2.05, 4.69) is 407 Å². The van der Waals surface area contributed by atoms with Gasteiger partial charge in [0.15, 0.2) is 0 Å². The number of hydrogen-bond donors (Lipinski definition) is 0. The summed E-state index contributed by atoms with van der Waals surface area (Å²) in [7, 11) is 0. The quantitative estimate of drug-likeness (QED) is 0.0941. The number of anilines is 6. The van der Waals surface area contributed by atoms with Gasteiger partial charge in [-0.05, 0) is 187 Å². The van der Waals surface area contributed by atoms with Crippen molar-refractivity contribution in [3.63, 3.8) is 0 Å². The number of benzene rings is 17. The van der Waals surface area contributed by atoms with Gasteiger partial charge in [0.25, 0.3) is 6.71 Å². The molecule has 498 valence electrons. The molecule has 0 bridgehead atoms. The van der Waals surface area contributed by atoms with E-state index in [0.29, 0.717) is 0 Å². The Balaban J connectivity index is 0.959. The Kier molecular flexibility index (Phi) is 15.1. The Morgan fingerprint density at radius 3 is 1.05 bits per heavy atom. The van der Waals surface area contributed by atoms with Crippen LogP contribution in [0.2, 0.25) is 0 Å². The predicted molar refractivity (Wildman–Crippen MR) is 456 cm³/mol. The molecule has 20 rings (SSSR count). The largest absolute Gasteiger partial charge is 0.310 e. The molecule has 2 aliphatic heterocycles. The zero-order valence-electron chi connectivity index (χ0n) is 59.2. The van der Waals surface area contributed by atoms with Crippen LogP contribution < -0.4 is 26.2 Å². The molecule has 0 N–H and O–H groups in total. The number of nitrogens with zero attached hydrogens (tertiary/aromatic N) is 2. The van der Waals surface area contributed by atoms with Crippen molar-refractivity contribution in [1.82, 2.24) is 0 Å². The summed E-state index contributed by atoms with van der Waals surface area (Å²) >= 11 is 1.88. The van der Waals surface area contributed by atoms with E-state index in [1.807, 2.05) is 11.3 Å². The number of fused-ring (bicyclic) bond motifs is 9. The lowest BCUT2D eigenvalue weighted by Crippen LogP contribution is -2.61. The Labute approximate surface area is 623 Å². The highest BCUT2D eigenvalue weighted by atomic mass is 32.1. The summed E-state index contributed by atoms with van der Waals surface area (Å²) in [4.78, 5) is 5.44. The highest BCUT2D eigenvalue weighted by Crippen LogP contribution is 2.56. The van der Waals surface area contributed by atoms with Gasteiger partial charge >= 0.3 is 0 Å². The van der Waals surface area contributed by atoms with Gasteiger partial charge in [-0.15, -0.1) is 11.3 Å². The molecule has 0 atom stereocenters. The number of thiophene rings is 1. The van der Waals surface area contributed by atoms with Gasteiger partial charge in [-0.2, -0.15) is 0 Å². The highest BCUT2D eigenvalue weighted by molar-refractivity contribution is 7.25. The van der Waals surface area contributed by atoms with E-state index in [1.165, 1.54) is 91.5 Å². The highest BCUT2D eigenvalue weighted by Gasteiger charge is 2.46. The van der Waals surface area contributed by atoms with Gasteiger partial charge in [-0.3, -0.25) is 0 Å². The van der Waals surface area contributed by atoms with Gasteiger partial charge in [0.2, 0.25) is 0 Å². The second-order valence-electron chi connectivity index (χ2n) is 29.4. The second kappa shape index (κ2) is 25.5. The predicted octanol–water partition coefficient (Wildman–Crippen LogP) is 26.7. The summed E-state index contributed by atoms with van der Waals surface area (Å²) < 4.78 is 2.58. The molecule has 106 heavy (non-hydrogen) atoms. The topological polar surface area (TPSA) is 6.48 Å². The summed E-state index contributed by atoms with van der Waals surface area (Å²) in [6, 6.07) is 142. The summed E-state index contributed by atoms with van der Waals surface area (Å²) in [6.45, 7) is 6.92. The molecule has 0 saturated carbocycles. The molecule has 4 heteroatoms. The first-order chi connectivity index (χ1) is 52.2. The van der Waals surface area contributed by atoms with Crippen LogP contribution in [0.3, 0.4) is 0 Å². The maximum Gasteiger partial charge on any atom is 0.252 e. The van der Waals surface area contributed by atoms with Crippen LogP contribution in [0.25, 0.3) is 142 Å². The van der Waals surface area contributed by atoms with Gasteiger partial charge in [0, 0.05) is 65.2 Å². The SMILES string of the molecule is CC(C)(C)c1cc2c3c(c1)N(c1c(-c4ccccc4)cc(-c4ccccc4)cc1-c1ccccc1)c1cc(-c4c5ccccc5c(-c5ccccc5)c5ccccc45)ccc1B3c1cc(-c3ccc4c(c3)sc3ccccc34)ccc1N2c1c(-c2ccccc2)cc(-c2ccccc2)cc1-c1ccccc1. The summed E-state index contributed by atoms with van der Waals surface area (Å²) in [5, 5.41) is 7.45. The van der Waals surface area contributed by atoms with Gasteiger partial charge in [0.05, 0.1) is 11.4 Å². The lowest BCUT2D eigenvalue weighted by molar-refractivity contribution is 0.590. The average Bonchev–Trinajstić information content (AvgIpc) is 0.769. The molecule has 0 amide bonds. The molecule has 2 aliphatic rings. The van der Waals surface area contributed by atoms with E-state index in [-0.39, 0.29) is 12.1 Å². The normalized spacial score (nSPS) is 12.4. The molecule has 0 fully saturated rings. The fraction of sp³-hybridized carbons (Fsp3) is 0.0392. The first-order valence-electron chi connectivity index (χ1n) is 36.9. The standard InChI is InChI=1S/C102H71BN2S/c1-102(2,3)78-64-93-99-94(65-78)105(101-87(70-39-19-8-20-40-70)59-77(67-33-13-5-14-34-67)60-88(101)71-41-21-9-22-42-71)92-62-75(98-83-48-27-25-46-81(83)97(72-43-23-10-24-44-72)82-47-26-28-49-84(82)98)52-55-89(92)103(99)90-61-73(74-51-54-80-79-45-29-30-50-95(79)106-96(80)63-74)53-56-91(90)104(93)100-85(68-35-15-6-16-36-68)57-76(66-31-11-4-12-32-66)58-86(100)69-37-17-7-18-38-69/h4-65H,1-3H3. The van der Waals surface area contributed by atoms with E-state index < -0.39 is 0 Å². The van der Waals surface area contributed by atoms with Crippen molar-refractivity contribution >= 4 is 110 Å². The Bertz CT molecular complexity index is 6290. The van der Waals surface area contributed by atoms with Crippen molar-refractivity contribution in [3.8, 4) is 100 Å². The molecule has 0 saturated heterocycles. The van der Waals surface area contributed by atoms with Gasteiger partial charge in [0.1, 0.15) is 0 Å². The Morgan fingerprint density at radius 2 is 0.594 bits per heavy atom. The Morgan fingerprint density at radius 1 is 0.236 bits per heavy atom. The molecule has 17 aromatic carbocycles. The molecule has 0 spiro atoms. The van der Waals surface area contributed by atoms with E-state index in [1.54, 1.807) is 0 Å². The minimum atomic E-state index is -0.336. The molecule has 3 heterocycles. The van der Waals surface area contributed by atoms with Crippen LogP contribution >= 0.6 is 11.3 Å². The van der Waals surface area contributed by atoms with Crippen molar-refractivity contribution in [2.45, 2.75) is 26.2 Å². The summed E-state index contributed by atoms with van der Waals surface area (Å²) in [5.41, 5.74) is 32.3. The fourth-order valence-corrected chi connectivity index (χ4v) is 18.3. The monoisotopic (exact) mass is 1370 g/mol. The third kappa shape index (κ3) is 10.5. The van der Waals surface area contributed by atoms with Crippen molar-refractivity contribution < 1.29 is 0 Å². The van der Waals surface area contributed by atoms with Crippen molar-refractivity contribution in [3.05, 3.63) is 382 Å². The molecule has 0 radical (unpaired) electrons. The van der Waals surface area contributed by atoms with Gasteiger partial charge in [-0.1, -0.05) is 336 Å². The van der Waals surface area contributed by atoms with Crippen molar-refractivity contribution in [2.75, 3.05) is 9.80 Å². The zero-order chi connectivity index (χ0) is 70.6. The first-order valence-corrected chi connectivity index (χ1v) is 37.7. The van der Waals surface area contributed by atoms with Crippen LogP contribution in [0.4, 0.5) is 34.1 Å². The van der Waals surface area contributed by atoms with E-state index in [0.717, 1.165) is 106 Å². The lowest BCUT2D eigenvalue weighted by Gasteiger charge is -2.46. The molecule has 0 unspecified atom stereocenters. The summed E-state index contributed by atoms with van der Waals surface area (Å²) in [6.07, 6.45) is 0. The zero-order valence-corrected chi connectivity index (χ0v) is 60.0. The first kappa shape index (κ1) is 62.9. The van der Waals surface area contributed by atoms with E-state index in [4.69, 9.17) is 0 Å². The van der Waals surface area contributed by atoms with Crippen LogP contribution in [0, 0.1) is 0 Å². The molecule has 18 aromatic rings. The maximum atomic E-state index is 2.74. The molecule has 0 aliphatic carbocycles. The molecular weight excluding hydrogens is 1300 g/mol. The number of hydrogen-bond acceptors (Lipinski definition) is 3. The fourth-order valence-electron chi connectivity index (χ4n) is 17.2. The minimum Gasteiger partial charge on any atom is -0.310 e. The Hall–Kier alpha value is -12.9. The minimum absolute atomic E-state index is 0.264. The molecule has 2 nitrogen and oxygen atoms in total. The van der Waals surface area contributed by atoms with Crippen LogP contribution in [-0.2, 0) is 5.41 Å². The maximum absolute atomic E-state index is 2.74. The van der Waals surface area contributed by atoms with Crippen LogP contribution in [-0.4, -0.2) is 6.71 Å².